The number of piperidine rings is 1. The van der Waals surface area contributed by atoms with Gasteiger partial charge >= 0.3 is 0 Å². The van der Waals surface area contributed by atoms with Crippen LogP contribution in [0.3, 0.4) is 0 Å². The van der Waals surface area contributed by atoms with Crippen molar-refractivity contribution in [2.75, 3.05) is 31.6 Å². The number of likely N-dealkylation sites (tertiary alicyclic amines) is 1. The molecule has 7 heteroatoms. The second-order valence-corrected chi connectivity index (χ2v) is 9.50. The second-order valence-electron chi connectivity index (χ2n) is 9.50. The normalized spacial score (nSPS) is 17.6. The van der Waals surface area contributed by atoms with Crippen LogP contribution in [0, 0.1) is 6.92 Å². The highest BCUT2D eigenvalue weighted by Crippen LogP contribution is 2.38. The van der Waals surface area contributed by atoms with Gasteiger partial charge in [0.15, 0.2) is 0 Å². The Morgan fingerprint density at radius 2 is 1.88 bits per heavy atom. The number of nitrogens with zero attached hydrogens (tertiary/aromatic N) is 4. The van der Waals surface area contributed by atoms with Crippen LogP contribution in [0.15, 0.2) is 41.1 Å². The van der Waals surface area contributed by atoms with Crippen molar-refractivity contribution in [3.63, 3.8) is 0 Å². The topological polar surface area (TPSA) is 76.3 Å². The molecule has 0 radical (unpaired) electrons. The Kier molecular flexibility index (Phi) is 7.39. The van der Waals surface area contributed by atoms with Crippen LogP contribution < -0.4 is 10.1 Å². The van der Waals surface area contributed by atoms with Crippen molar-refractivity contribution in [3.8, 4) is 17.0 Å². The summed E-state index contributed by atoms with van der Waals surface area (Å²) in [5.74, 6) is 2.67. The average Bonchev–Trinajstić information content (AvgIpc) is 3.27. The van der Waals surface area contributed by atoms with E-state index in [0.717, 1.165) is 40.7 Å². The highest BCUT2D eigenvalue weighted by atomic mass is 16.5. The van der Waals surface area contributed by atoms with Gasteiger partial charge in [-0.1, -0.05) is 36.9 Å². The van der Waals surface area contributed by atoms with E-state index in [9.17, 15) is 0 Å². The molecule has 34 heavy (non-hydrogen) atoms. The summed E-state index contributed by atoms with van der Waals surface area (Å²) in [5.41, 5.74) is 3.83. The molecule has 7 nitrogen and oxygen atoms in total. The van der Waals surface area contributed by atoms with Crippen LogP contribution in [0.25, 0.3) is 11.3 Å². The van der Waals surface area contributed by atoms with E-state index in [1.807, 2.05) is 37.3 Å². The van der Waals surface area contributed by atoms with Gasteiger partial charge in [-0.05, 0) is 63.9 Å². The second kappa shape index (κ2) is 11.0. The van der Waals surface area contributed by atoms with Crippen LogP contribution in [0.2, 0.25) is 0 Å². The molecular formula is C27H35N5O2. The first-order valence-electron chi connectivity index (χ1n) is 12.8. The van der Waals surface area contributed by atoms with Crippen molar-refractivity contribution < 1.29 is 9.26 Å². The van der Waals surface area contributed by atoms with E-state index in [2.05, 4.69) is 20.4 Å². The maximum Gasteiger partial charge on any atom is 0.227 e. The summed E-state index contributed by atoms with van der Waals surface area (Å²) in [5, 5.41) is 7.77. The van der Waals surface area contributed by atoms with E-state index in [-0.39, 0.29) is 0 Å². The molecule has 0 atom stereocenters. The van der Waals surface area contributed by atoms with Gasteiger partial charge in [-0.25, -0.2) is 9.97 Å². The smallest absolute Gasteiger partial charge is 0.227 e. The highest BCUT2D eigenvalue weighted by molar-refractivity contribution is 5.66. The van der Waals surface area contributed by atoms with Gasteiger partial charge in [0, 0.05) is 30.4 Å². The Hall–Kier alpha value is -2.93. The quantitative estimate of drug-likeness (QED) is 0.434. The number of hydrogen-bond acceptors (Lipinski definition) is 7. The van der Waals surface area contributed by atoms with Gasteiger partial charge in [-0.15, -0.1) is 0 Å². The fourth-order valence-corrected chi connectivity index (χ4v) is 5.18. The predicted octanol–water partition coefficient (Wildman–Crippen LogP) is 6.10. The third kappa shape index (κ3) is 5.58. The molecule has 1 saturated heterocycles. The highest BCUT2D eigenvalue weighted by Gasteiger charge is 2.25. The summed E-state index contributed by atoms with van der Waals surface area (Å²) in [6.45, 7) is 6.02. The molecule has 1 saturated carbocycles. The Balaban J connectivity index is 1.26. The van der Waals surface area contributed by atoms with Crippen LogP contribution in [-0.2, 0) is 0 Å². The van der Waals surface area contributed by atoms with E-state index in [1.165, 1.54) is 64.5 Å². The molecule has 5 rings (SSSR count). The standard InChI is InChI=1S/C27H35N5O2/c1-20-25(26(31-34-20)21-9-4-2-5-10-21)24-13-14-28-27(30-24)29-22-11-8-12-23(19-22)33-18-17-32-15-6-3-7-16-32/h8,11-14,19,21H,2-7,9-10,15-18H2,1H3,(H,28,29,30). The van der Waals surface area contributed by atoms with Crippen molar-refractivity contribution in [2.45, 2.75) is 64.2 Å². The van der Waals surface area contributed by atoms with Gasteiger partial charge in [0.2, 0.25) is 5.95 Å². The fourth-order valence-electron chi connectivity index (χ4n) is 5.18. The third-order valence-corrected chi connectivity index (χ3v) is 7.01. The van der Waals surface area contributed by atoms with Crippen molar-refractivity contribution in [1.29, 1.82) is 0 Å². The van der Waals surface area contributed by atoms with Crippen LogP contribution in [0.5, 0.6) is 5.75 Å². The zero-order valence-corrected chi connectivity index (χ0v) is 20.1. The number of ether oxygens (including phenoxy) is 1. The minimum absolute atomic E-state index is 0.450. The van der Waals surface area contributed by atoms with E-state index in [1.54, 1.807) is 6.20 Å². The first-order chi connectivity index (χ1) is 16.8. The lowest BCUT2D eigenvalue weighted by Gasteiger charge is -2.26. The zero-order valence-electron chi connectivity index (χ0n) is 20.1. The zero-order chi connectivity index (χ0) is 23.2. The Labute approximate surface area is 201 Å². The van der Waals surface area contributed by atoms with Crippen molar-refractivity contribution in [3.05, 3.63) is 48.0 Å². The average molecular weight is 462 g/mol. The Bertz CT molecular complexity index is 1070. The number of aryl methyl sites for hydroxylation is 1. The first kappa shape index (κ1) is 22.8. The third-order valence-electron chi connectivity index (χ3n) is 7.01. The molecule has 2 aliphatic rings. The molecule has 1 aromatic carbocycles. The molecule has 180 valence electrons. The first-order valence-corrected chi connectivity index (χ1v) is 12.8. The number of benzene rings is 1. The molecule has 3 heterocycles. The lowest BCUT2D eigenvalue weighted by Crippen LogP contribution is -2.33. The van der Waals surface area contributed by atoms with E-state index < -0.39 is 0 Å². The summed E-state index contributed by atoms with van der Waals surface area (Å²) >= 11 is 0. The molecule has 2 aromatic heterocycles. The minimum Gasteiger partial charge on any atom is -0.492 e. The maximum atomic E-state index is 6.03. The van der Waals surface area contributed by atoms with Gasteiger partial charge in [-0.3, -0.25) is 4.90 Å². The maximum absolute atomic E-state index is 6.03. The summed E-state index contributed by atoms with van der Waals surface area (Å²) in [6.07, 6.45) is 11.9. The molecule has 0 spiro atoms. The molecule has 0 amide bonds. The molecule has 0 bridgehead atoms. The van der Waals surface area contributed by atoms with Gasteiger partial charge in [0.05, 0.1) is 17.0 Å². The molecular weight excluding hydrogens is 426 g/mol. The number of rotatable bonds is 8. The number of hydrogen-bond donors (Lipinski definition) is 1. The largest absolute Gasteiger partial charge is 0.492 e. The van der Waals surface area contributed by atoms with Crippen molar-refractivity contribution in [1.82, 2.24) is 20.0 Å². The number of anilines is 2. The number of aromatic nitrogens is 3. The van der Waals surface area contributed by atoms with Gasteiger partial charge in [0.1, 0.15) is 18.1 Å². The van der Waals surface area contributed by atoms with Crippen molar-refractivity contribution in [2.24, 2.45) is 0 Å². The molecule has 0 unspecified atom stereocenters. The number of nitrogens with one attached hydrogen (secondary N) is 1. The summed E-state index contributed by atoms with van der Waals surface area (Å²) in [6, 6.07) is 9.94. The summed E-state index contributed by atoms with van der Waals surface area (Å²) in [7, 11) is 0. The predicted molar refractivity (Wildman–Crippen MR) is 134 cm³/mol. The van der Waals surface area contributed by atoms with Gasteiger partial charge in [0.25, 0.3) is 0 Å². The van der Waals surface area contributed by atoms with Gasteiger partial charge < -0.3 is 14.6 Å². The lowest BCUT2D eigenvalue weighted by molar-refractivity contribution is 0.183. The van der Waals surface area contributed by atoms with E-state index in [4.69, 9.17) is 14.2 Å². The van der Waals surface area contributed by atoms with E-state index >= 15 is 0 Å². The molecule has 1 N–H and O–H groups in total. The van der Waals surface area contributed by atoms with Crippen LogP contribution in [-0.4, -0.2) is 46.3 Å². The van der Waals surface area contributed by atoms with Crippen molar-refractivity contribution >= 4 is 11.6 Å². The summed E-state index contributed by atoms with van der Waals surface area (Å²) < 4.78 is 11.6. The molecule has 2 fully saturated rings. The molecule has 1 aliphatic heterocycles. The van der Waals surface area contributed by atoms with Crippen LogP contribution >= 0.6 is 0 Å². The molecule has 1 aliphatic carbocycles. The summed E-state index contributed by atoms with van der Waals surface area (Å²) in [4.78, 5) is 11.7. The molecule has 3 aromatic rings. The van der Waals surface area contributed by atoms with E-state index in [0.29, 0.717) is 18.5 Å². The lowest BCUT2D eigenvalue weighted by atomic mass is 9.85. The fraction of sp³-hybridized carbons (Fsp3) is 0.519. The van der Waals surface area contributed by atoms with Gasteiger partial charge in [-0.2, -0.15) is 0 Å². The SMILES string of the molecule is Cc1onc(C2CCCCC2)c1-c1ccnc(Nc2cccc(OCCN3CCCCC3)c2)n1. The Morgan fingerprint density at radius 1 is 1.06 bits per heavy atom. The minimum atomic E-state index is 0.450. The van der Waals surface area contributed by atoms with Crippen LogP contribution in [0.1, 0.15) is 68.7 Å². The Morgan fingerprint density at radius 3 is 2.74 bits per heavy atom. The monoisotopic (exact) mass is 461 g/mol. The van der Waals surface area contributed by atoms with Crippen LogP contribution in [0.4, 0.5) is 11.6 Å².